The Bertz CT molecular complexity index is 730. The van der Waals surface area contributed by atoms with E-state index in [1.165, 1.54) is 0 Å². The maximum Gasteiger partial charge on any atom is 0.407 e. The number of rotatable bonds is 5. The van der Waals surface area contributed by atoms with Crippen LogP contribution in [0.3, 0.4) is 0 Å². The summed E-state index contributed by atoms with van der Waals surface area (Å²) in [6, 6.07) is 14.5. The molecule has 132 valence electrons. The van der Waals surface area contributed by atoms with Crippen LogP contribution >= 0.6 is 0 Å². The van der Waals surface area contributed by atoms with Crippen molar-refractivity contribution >= 4 is 12.1 Å². The van der Waals surface area contributed by atoms with Crippen molar-refractivity contribution in [2.45, 2.75) is 12.0 Å². The van der Waals surface area contributed by atoms with Crippen molar-refractivity contribution in [1.82, 2.24) is 5.32 Å². The van der Waals surface area contributed by atoms with Crippen LogP contribution in [0.1, 0.15) is 17.0 Å². The zero-order chi connectivity index (χ0) is 17.1. The van der Waals surface area contributed by atoms with Crippen molar-refractivity contribution in [3.05, 3.63) is 59.7 Å². The summed E-state index contributed by atoms with van der Waals surface area (Å²) in [7, 11) is 0. The van der Waals surface area contributed by atoms with Gasteiger partial charge in [0.1, 0.15) is 6.61 Å². The number of alkyl carbamates (subject to hydrolysis) is 1. The van der Waals surface area contributed by atoms with Gasteiger partial charge in [-0.15, -0.1) is 0 Å². The third-order valence-electron chi connectivity index (χ3n) is 4.12. The number of carbonyl (C=O) groups excluding carboxylic acids is 1. The average Bonchev–Trinajstić information content (AvgIpc) is 2.91. The highest BCUT2D eigenvalue weighted by Crippen LogP contribution is 2.44. The van der Waals surface area contributed by atoms with Crippen molar-refractivity contribution < 1.29 is 30.0 Å². The summed E-state index contributed by atoms with van der Waals surface area (Å²) >= 11 is 0. The monoisotopic (exact) mass is 345 g/mol. The second-order valence-electron chi connectivity index (χ2n) is 5.54. The molecule has 0 aliphatic heterocycles. The van der Waals surface area contributed by atoms with Gasteiger partial charge in [0.2, 0.25) is 0 Å². The zero-order valence-electron chi connectivity index (χ0n) is 13.3. The van der Waals surface area contributed by atoms with Gasteiger partial charge in [0.15, 0.2) is 6.04 Å². The van der Waals surface area contributed by atoms with E-state index >= 15 is 0 Å². The molecule has 25 heavy (non-hydrogen) atoms. The lowest BCUT2D eigenvalue weighted by Crippen LogP contribution is -2.43. The average molecular weight is 345 g/mol. The lowest BCUT2D eigenvalue weighted by atomic mass is 9.98. The van der Waals surface area contributed by atoms with E-state index in [0.717, 1.165) is 22.3 Å². The molecule has 0 saturated carbocycles. The molecule has 1 aliphatic rings. The molecule has 7 heteroatoms. The molecule has 1 aliphatic carbocycles. The first-order chi connectivity index (χ1) is 11.6. The number of aliphatic hydroxyl groups is 1. The Morgan fingerprint density at radius 2 is 1.56 bits per heavy atom. The Morgan fingerprint density at radius 1 is 1.04 bits per heavy atom. The molecule has 2 aromatic carbocycles. The van der Waals surface area contributed by atoms with Crippen LogP contribution in [0.15, 0.2) is 48.5 Å². The maximum absolute atomic E-state index is 11.8. The van der Waals surface area contributed by atoms with Crippen molar-refractivity contribution in [3.8, 4) is 11.1 Å². The van der Waals surface area contributed by atoms with Gasteiger partial charge >= 0.3 is 12.1 Å². The van der Waals surface area contributed by atoms with Gasteiger partial charge in [-0.05, 0) is 22.3 Å². The van der Waals surface area contributed by atoms with Gasteiger partial charge in [0, 0.05) is 5.92 Å². The first-order valence-corrected chi connectivity index (χ1v) is 7.57. The summed E-state index contributed by atoms with van der Waals surface area (Å²) in [5, 5.41) is 19.9. The number of hydrogen-bond donors (Lipinski definition) is 3. The Hall–Kier alpha value is -2.90. The molecule has 5 N–H and O–H groups in total. The van der Waals surface area contributed by atoms with Crippen LogP contribution < -0.4 is 5.32 Å². The van der Waals surface area contributed by atoms with Gasteiger partial charge in [-0.2, -0.15) is 0 Å². The predicted octanol–water partition coefficient (Wildman–Crippen LogP) is 1.15. The minimum Gasteiger partial charge on any atom is -0.480 e. The summed E-state index contributed by atoms with van der Waals surface area (Å²) in [6.07, 6.45) is -0.863. The van der Waals surface area contributed by atoms with E-state index in [2.05, 4.69) is 5.32 Å². The quantitative estimate of drug-likeness (QED) is 0.749. The second kappa shape index (κ2) is 7.78. The largest absolute Gasteiger partial charge is 0.480 e. The van der Waals surface area contributed by atoms with Crippen LogP contribution in [0.5, 0.6) is 0 Å². The number of carboxylic acid groups (broad SMARTS) is 1. The molecule has 0 bridgehead atoms. The summed E-state index contributed by atoms with van der Waals surface area (Å²) in [6.45, 7) is -0.600. The number of hydrogen-bond acceptors (Lipinski definition) is 4. The molecule has 1 amide bonds. The van der Waals surface area contributed by atoms with Gasteiger partial charge in [-0.25, -0.2) is 9.59 Å². The van der Waals surface area contributed by atoms with Gasteiger partial charge in [-0.3, -0.25) is 0 Å². The van der Waals surface area contributed by atoms with Crippen LogP contribution in [-0.4, -0.2) is 47.0 Å². The molecule has 0 saturated heterocycles. The molecule has 3 rings (SSSR count). The van der Waals surface area contributed by atoms with Crippen LogP contribution in [0, 0.1) is 0 Å². The van der Waals surface area contributed by atoms with Gasteiger partial charge < -0.3 is 25.7 Å². The minimum absolute atomic E-state index is 0. The molecule has 2 aromatic rings. The van der Waals surface area contributed by atoms with Crippen molar-refractivity contribution in [1.29, 1.82) is 0 Å². The number of carbonyl (C=O) groups is 2. The van der Waals surface area contributed by atoms with Gasteiger partial charge in [0.25, 0.3) is 0 Å². The Kier molecular flexibility index (Phi) is 5.74. The van der Waals surface area contributed by atoms with Crippen LogP contribution in [0.4, 0.5) is 4.79 Å². The Morgan fingerprint density at radius 3 is 2.04 bits per heavy atom. The van der Waals surface area contributed by atoms with Crippen LogP contribution in [-0.2, 0) is 9.53 Å². The molecule has 1 atom stereocenters. The molecule has 0 fully saturated rings. The van der Waals surface area contributed by atoms with E-state index in [9.17, 15) is 9.59 Å². The smallest absolute Gasteiger partial charge is 0.407 e. The number of fused-ring (bicyclic) bond motifs is 3. The highest BCUT2D eigenvalue weighted by Gasteiger charge is 2.29. The molecule has 0 heterocycles. The Balaban J connectivity index is 0.00000225. The molecular weight excluding hydrogens is 326 g/mol. The molecule has 0 radical (unpaired) electrons. The molecular formula is C18H19NO6. The van der Waals surface area contributed by atoms with E-state index < -0.39 is 24.7 Å². The first-order valence-electron chi connectivity index (χ1n) is 7.57. The van der Waals surface area contributed by atoms with E-state index in [1.807, 2.05) is 48.5 Å². The number of aliphatic carboxylic acids is 1. The predicted molar refractivity (Wildman–Crippen MR) is 90.3 cm³/mol. The van der Waals surface area contributed by atoms with Crippen molar-refractivity contribution in [3.63, 3.8) is 0 Å². The number of aliphatic hydroxyl groups excluding tert-OH is 1. The lowest BCUT2D eigenvalue weighted by molar-refractivity contribution is -0.140. The molecule has 7 nitrogen and oxygen atoms in total. The number of ether oxygens (including phenoxy) is 1. The normalized spacial score (nSPS) is 13.2. The highest BCUT2D eigenvalue weighted by atomic mass is 16.5. The number of amides is 1. The fourth-order valence-electron chi connectivity index (χ4n) is 2.97. The molecule has 0 aromatic heterocycles. The SMILES string of the molecule is O.O=C(NC(CO)C(=O)O)OCC1c2ccccc2-c2ccccc21. The maximum atomic E-state index is 11.8. The van der Waals surface area contributed by atoms with Crippen LogP contribution in [0.2, 0.25) is 0 Å². The molecule has 0 spiro atoms. The molecule has 1 unspecified atom stereocenters. The standard InChI is InChI=1S/C18H17NO5.H2O/c20-9-16(17(21)22)19-18(23)24-10-15-13-7-3-1-5-11(13)12-6-2-4-8-14(12)15;/h1-8,15-16,20H,9-10H2,(H,19,23)(H,21,22);1H2. The highest BCUT2D eigenvalue weighted by molar-refractivity contribution is 5.81. The fraction of sp³-hybridized carbons (Fsp3) is 0.222. The topological polar surface area (TPSA) is 127 Å². The van der Waals surface area contributed by atoms with E-state index in [-0.39, 0.29) is 18.0 Å². The van der Waals surface area contributed by atoms with Crippen LogP contribution in [0.25, 0.3) is 11.1 Å². The number of nitrogens with one attached hydrogen (secondary N) is 1. The first kappa shape index (κ1) is 18.4. The van der Waals surface area contributed by atoms with Crippen molar-refractivity contribution in [2.75, 3.05) is 13.2 Å². The number of carboxylic acids is 1. The van der Waals surface area contributed by atoms with Gasteiger partial charge in [-0.1, -0.05) is 48.5 Å². The summed E-state index contributed by atoms with van der Waals surface area (Å²) in [4.78, 5) is 22.6. The van der Waals surface area contributed by atoms with E-state index in [1.54, 1.807) is 0 Å². The third-order valence-corrected chi connectivity index (χ3v) is 4.12. The van der Waals surface area contributed by atoms with E-state index in [0.29, 0.717) is 0 Å². The van der Waals surface area contributed by atoms with E-state index in [4.69, 9.17) is 14.9 Å². The number of benzene rings is 2. The Labute approximate surface area is 144 Å². The third kappa shape index (κ3) is 3.62. The fourth-order valence-corrected chi connectivity index (χ4v) is 2.97. The lowest BCUT2D eigenvalue weighted by Gasteiger charge is -2.16. The van der Waals surface area contributed by atoms with Gasteiger partial charge in [0.05, 0.1) is 6.61 Å². The summed E-state index contributed by atoms with van der Waals surface area (Å²) in [5.74, 6) is -1.41. The summed E-state index contributed by atoms with van der Waals surface area (Å²) in [5.41, 5.74) is 4.37. The minimum atomic E-state index is -1.37. The summed E-state index contributed by atoms with van der Waals surface area (Å²) < 4.78 is 5.20. The second-order valence-corrected chi connectivity index (χ2v) is 5.54. The zero-order valence-corrected chi connectivity index (χ0v) is 13.3. The van der Waals surface area contributed by atoms with Crippen molar-refractivity contribution in [2.24, 2.45) is 0 Å².